The number of likely N-dealkylation sites (N-methyl/N-ethyl adjacent to an activating group) is 1. The molecule has 0 saturated carbocycles. The lowest BCUT2D eigenvalue weighted by molar-refractivity contribution is -0.123. The van der Waals surface area contributed by atoms with E-state index in [9.17, 15) is 14.4 Å². The largest absolute Gasteiger partial charge is 0.350 e. The topological polar surface area (TPSA) is 82.3 Å². The van der Waals surface area contributed by atoms with Crippen LogP contribution in [0.15, 0.2) is 35.1 Å². The minimum atomic E-state index is -0.365. The minimum absolute atomic E-state index is 0.0479. The second-order valence-corrected chi connectivity index (χ2v) is 6.71. The molecular formula is C18H23N3O3. The van der Waals surface area contributed by atoms with Gasteiger partial charge in [-0.25, -0.2) is 0 Å². The summed E-state index contributed by atoms with van der Waals surface area (Å²) in [6.45, 7) is 7.77. The summed E-state index contributed by atoms with van der Waals surface area (Å²) in [6.07, 6.45) is 0. The number of aromatic nitrogens is 1. The maximum absolute atomic E-state index is 12.8. The van der Waals surface area contributed by atoms with Crippen molar-refractivity contribution >= 4 is 22.7 Å². The molecule has 128 valence electrons. The van der Waals surface area contributed by atoms with Crippen LogP contribution in [0.25, 0.3) is 10.9 Å². The van der Waals surface area contributed by atoms with E-state index in [0.717, 1.165) is 0 Å². The molecule has 1 heterocycles. The second-order valence-electron chi connectivity index (χ2n) is 6.71. The fraction of sp³-hybridized carbons (Fsp3) is 0.389. The number of carbonyl (C=O) groups is 2. The summed E-state index contributed by atoms with van der Waals surface area (Å²) in [5, 5.41) is 3.50. The normalized spacial score (nSPS) is 11.3. The summed E-state index contributed by atoms with van der Waals surface area (Å²) >= 11 is 0. The van der Waals surface area contributed by atoms with Gasteiger partial charge >= 0.3 is 0 Å². The Morgan fingerprint density at radius 2 is 1.88 bits per heavy atom. The minimum Gasteiger partial charge on any atom is -0.350 e. The van der Waals surface area contributed by atoms with Crippen molar-refractivity contribution < 1.29 is 9.59 Å². The zero-order valence-electron chi connectivity index (χ0n) is 14.5. The number of para-hydroxylation sites is 1. The van der Waals surface area contributed by atoms with Crippen molar-refractivity contribution in [2.45, 2.75) is 33.2 Å². The number of hydrogen-bond donors (Lipinski definition) is 2. The van der Waals surface area contributed by atoms with Gasteiger partial charge in [0.2, 0.25) is 11.5 Å². The number of benzene rings is 1. The SMILES string of the molecule is CCN(CC(=O)NC(C)(C)C)C(=O)c1cc(=O)[nH]c2ccccc12. The highest BCUT2D eigenvalue weighted by Gasteiger charge is 2.22. The van der Waals surface area contributed by atoms with Gasteiger partial charge in [-0.05, 0) is 33.8 Å². The third-order valence-corrected chi connectivity index (χ3v) is 3.50. The molecule has 2 rings (SSSR count). The molecule has 1 aromatic heterocycles. The molecule has 0 atom stereocenters. The first kappa shape index (κ1) is 17.7. The van der Waals surface area contributed by atoms with Gasteiger partial charge in [0.05, 0.1) is 12.1 Å². The molecule has 2 N–H and O–H groups in total. The van der Waals surface area contributed by atoms with Gasteiger partial charge in [-0.15, -0.1) is 0 Å². The zero-order valence-corrected chi connectivity index (χ0v) is 14.5. The molecule has 0 fully saturated rings. The number of amides is 2. The van der Waals surface area contributed by atoms with E-state index in [1.807, 2.05) is 20.8 Å². The number of hydrogen-bond acceptors (Lipinski definition) is 3. The monoisotopic (exact) mass is 329 g/mol. The molecular weight excluding hydrogens is 306 g/mol. The van der Waals surface area contributed by atoms with Gasteiger partial charge < -0.3 is 15.2 Å². The van der Waals surface area contributed by atoms with Crippen LogP contribution >= 0.6 is 0 Å². The summed E-state index contributed by atoms with van der Waals surface area (Å²) in [6, 6.07) is 8.41. The van der Waals surface area contributed by atoms with E-state index in [1.54, 1.807) is 31.2 Å². The van der Waals surface area contributed by atoms with Crippen molar-refractivity contribution in [2.24, 2.45) is 0 Å². The summed E-state index contributed by atoms with van der Waals surface area (Å²) in [4.78, 5) is 40.9. The molecule has 0 bridgehead atoms. The smallest absolute Gasteiger partial charge is 0.255 e. The van der Waals surface area contributed by atoms with Crippen molar-refractivity contribution in [3.8, 4) is 0 Å². The third-order valence-electron chi connectivity index (χ3n) is 3.50. The van der Waals surface area contributed by atoms with Crippen LogP contribution in [0, 0.1) is 0 Å². The van der Waals surface area contributed by atoms with Crippen molar-refractivity contribution in [2.75, 3.05) is 13.1 Å². The molecule has 24 heavy (non-hydrogen) atoms. The molecule has 0 aliphatic rings. The quantitative estimate of drug-likeness (QED) is 0.899. The van der Waals surface area contributed by atoms with Crippen LogP contribution in [0.4, 0.5) is 0 Å². The first-order chi connectivity index (χ1) is 11.2. The van der Waals surface area contributed by atoms with E-state index < -0.39 is 0 Å². The number of pyridine rings is 1. The lowest BCUT2D eigenvalue weighted by Gasteiger charge is -2.25. The maximum Gasteiger partial charge on any atom is 0.255 e. The van der Waals surface area contributed by atoms with Crippen LogP contribution in [0.5, 0.6) is 0 Å². The number of rotatable bonds is 4. The lowest BCUT2D eigenvalue weighted by Crippen LogP contribution is -2.47. The Balaban J connectivity index is 2.32. The Morgan fingerprint density at radius 3 is 2.50 bits per heavy atom. The zero-order chi connectivity index (χ0) is 17.9. The molecule has 6 nitrogen and oxygen atoms in total. The van der Waals surface area contributed by atoms with E-state index in [-0.39, 0.29) is 29.5 Å². The van der Waals surface area contributed by atoms with E-state index >= 15 is 0 Å². The Kier molecular flexibility index (Phi) is 5.07. The molecule has 0 spiro atoms. The Hall–Kier alpha value is -2.63. The number of nitrogens with one attached hydrogen (secondary N) is 2. The highest BCUT2D eigenvalue weighted by molar-refractivity contribution is 6.06. The summed E-state index contributed by atoms with van der Waals surface area (Å²) in [5.41, 5.74) is 0.200. The van der Waals surface area contributed by atoms with E-state index in [4.69, 9.17) is 0 Å². The highest BCUT2D eigenvalue weighted by atomic mass is 16.2. The number of aromatic amines is 1. The average molecular weight is 329 g/mol. The van der Waals surface area contributed by atoms with Gasteiger partial charge in [-0.1, -0.05) is 18.2 Å². The average Bonchev–Trinajstić information content (AvgIpc) is 2.49. The van der Waals surface area contributed by atoms with Gasteiger partial charge in [-0.3, -0.25) is 14.4 Å². The fourth-order valence-electron chi connectivity index (χ4n) is 2.51. The van der Waals surface area contributed by atoms with Crippen LogP contribution in [0.2, 0.25) is 0 Å². The second kappa shape index (κ2) is 6.86. The Morgan fingerprint density at radius 1 is 1.21 bits per heavy atom. The first-order valence-corrected chi connectivity index (χ1v) is 7.93. The molecule has 6 heteroatoms. The van der Waals surface area contributed by atoms with Gasteiger partial charge in [0, 0.05) is 29.1 Å². The van der Waals surface area contributed by atoms with Crippen LogP contribution in [-0.4, -0.2) is 40.3 Å². The Labute approximate surface area is 140 Å². The van der Waals surface area contributed by atoms with Gasteiger partial charge in [0.25, 0.3) is 5.91 Å². The van der Waals surface area contributed by atoms with Crippen LogP contribution in [0.1, 0.15) is 38.1 Å². The molecule has 0 aliphatic carbocycles. The number of H-pyrrole nitrogens is 1. The molecule has 0 saturated heterocycles. The van der Waals surface area contributed by atoms with Crippen LogP contribution < -0.4 is 10.9 Å². The maximum atomic E-state index is 12.8. The predicted octanol–water partition coefficient (Wildman–Crippen LogP) is 1.90. The van der Waals surface area contributed by atoms with Gasteiger partial charge in [0.15, 0.2) is 0 Å². The van der Waals surface area contributed by atoms with Crippen molar-refractivity contribution in [1.29, 1.82) is 0 Å². The first-order valence-electron chi connectivity index (χ1n) is 7.93. The van der Waals surface area contributed by atoms with Crippen LogP contribution in [0.3, 0.4) is 0 Å². The molecule has 0 radical (unpaired) electrons. The number of carbonyl (C=O) groups excluding carboxylic acids is 2. The van der Waals surface area contributed by atoms with Gasteiger partial charge in [-0.2, -0.15) is 0 Å². The molecule has 2 amide bonds. The standard InChI is InChI=1S/C18H23N3O3/c1-5-21(11-16(23)20-18(2,3)4)17(24)13-10-15(22)19-14-9-7-6-8-12(13)14/h6-10H,5,11H2,1-4H3,(H,19,22)(H,20,23). The van der Waals surface area contributed by atoms with E-state index in [0.29, 0.717) is 23.0 Å². The lowest BCUT2D eigenvalue weighted by atomic mass is 10.1. The molecule has 0 aliphatic heterocycles. The summed E-state index contributed by atoms with van der Waals surface area (Å²) < 4.78 is 0. The van der Waals surface area contributed by atoms with Crippen molar-refractivity contribution in [1.82, 2.24) is 15.2 Å². The highest BCUT2D eigenvalue weighted by Crippen LogP contribution is 2.16. The van der Waals surface area contributed by atoms with Crippen LogP contribution in [-0.2, 0) is 4.79 Å². The summed E-state index contributed by atoms with van der Waals surface area (Å²) in [5.74, 6) is -0.560. The van der Waals surface area contributed by atoms with E-state index in [2.05, 4.69) is 10.3 Å². The van der Waals surface area contributed by atoms with Crippen molar-refractivity contribution in [3.05, 3.63) is 46.2 Å². The third kappa shape index (κ3) is 4.22. The molecule has 1 aromatic carbocycles. The molecule has 0 unspecified atom stereocenters. The number of fused-ring (bicyclic) bond motifs is 1. The summed E-state index contributed by atoms with van der Waals surface area (Å²) in [7, 11) is 0. The van der Waals surface area contributed by atoms with Gasteiger partial charge in [0.1, 0.15) is 0 Å². The van der Waals surface area contributed by atoms with Crippen molar-refractivity contribution in [3.63, 3.8) is 0 Å². The predicted molar refractivity (Wildman–Crippen MR) is 94.0 cm³/mol. The van der Waals surface area contributed by atoms with E-state index in [1.165, 1.54) is 11.0 Å². The molecule has 2 aromatic rings. The number of nitrogens with zero attached hydrogens (tertiary/aromatic N) is 1. The Bertz CT molecular complexity index is 818. The fourth-order valence-corrected chi connectivity index (χ4v) is 2.51.